The van der Waals surface area contributed by atoms with E-state index < -0.39 is 30.3 Å². The van der Waals surface area contributed by atoms with E-state index in [9.17, 15) is 14.4 Å². The number of rotatable bonds is 11. The molecule has 7 heteroatoms. The minimum absolute atomic E-state index is 0.0582. The van der Waals surface area contributed by atoms with E-state index >= 15 is 0 Å². The highest BCUT2D eigenvalue weighted by molar-refractivity contribution is 5.93. The minimum atomic E-state index is -0.908. The first-order chi connectivity index (χ1) is 13.2. The Labute approximate surface area is 169 Å². The molecule has 0 saturated heterocycles. The van der Waals surface area contributed by atoms with Crippen molar-refractivity contribution in [2.75, 3.05) is 6.54 Å². The number of hydrogen-bond acceptors (Lipinski definition) is 5. The van der Waals surface area contributed by atoms with Gasteiger partial charge in [-0.1, -0.05) is 38.0 Å². The molecule has 0 aliphatic carbocycles. The van der Waals surface area contributed by atoms with Crippen LogP contribution >= 0.6 is 0 Å². The SMILES string of the molecule is C=CCN(C(=O)OC(C)C)N(C(=O)CC/C=C/CCCCC)C(=O)OC(C)C. The van der Waals surface area contributed by atoms with E-state index in [2.05, 4.69) is 13.5 Å². The van der Waals surface area contributed by atoms with Gasteiger partial charge in [0.15, 0.2) is 0 Å². The molecule has 0 aromatic carbocycles. The fourth-order valence-electron chi connectivity index (χ4n) is 2.27. The largest absolute Gasteiger partial charge is 0.445 e. The van der Waals surface area contributed by atoms with E-state index in [1.54, 1.807) is 27.7 Å². The standard InChI is InChI=1S/C21H36N2O5/c1-7-9-10-11-12-13-14-15-19(24)23(21(26)28-18(5)6)22(16-8-2)20(25)27-17(3)4/h8,12-13,17-18H,2,7,9-11,14-16H2,1,3-6H3/b13-12+. The zero-order chi connectivity index (χ0) is 21.5. The maximum Gasteiger partial charge on any atom is 0.436 e. The number of amides is 3. The van der Waals surface area contributed by atoms with Gasteiger partial charge in [-0.15, -0.1) is 11.6 Å². The van der Waals surface area contributed by atoms with E-state index in [-0.39, 0.29) is 13.0 Å². The molecule has 0 N–H and O–H groups in total. The van der Waals surface area contributed by atoms with Gasteiger partial charge in [-0.3, -0.25) is 4.79 Å². The van der Waals surface area contributed by atoms with Crippen LogP contribution < -0.4 is 0 Å². The van der Waals surface area contributed by atoms with E-state index in [1.165, 1.54) is 12.5 Å². The van der Waals surface area contributed by atoms with Crippen molar-refractivity contribution in [3.8, 4) is 0 Å². The lowest BCUT2D eigenvalue weighted by molar-refractivity contribution is -0.142. The molecule has 0 rings (SSSR count). The third kappa shape index (κ3) is 10.7. The predicted octanol–water partition coefficient (Wildman–Crippen LogP) is 5.22. The molecule has 0 aromatic rings. The zero-order valence-electron chi connectivity index (χ0n) is 18.0. The van der Waals surface area contributed by atoms with E-state index in [4.69, 9.17) is 9.47 Å². The summed E-state index contributed by atoms with van der Waals surface area (Å²) in [4.78, 5) is 37.6. The van der Waals surface area contributed by atoms with Crippen LogP contribution in [-0.4, -0.2) is 46.9 Å². The topological polar surface area (TPSA) is 76.2 Å². The van der Waals surface area contributed by atoms with Crippen molar-refractivity contribution in [3.63, 3.8) is 0 Å². The van der Waals surface area contributed by atoms with Crippen molar-refractivity contribution >= 4 is 18.1 Å². The van der Waals surface area contributed by atoms with Crippen LogP contribution in [0.4, 0.5) is 9.59 Å². The molecular formula is C21H36N2O5. The summed E-state index contributed by atoms with van der Waals surface area (Å²) in [6.07, 6.45) is 7.77. The summed E-state index contributed by atoms with van der Waals surface area (Å²) in [6.45, 7) is 12.4. The molecule has 0 spiro atoms. The minimum Gasteiger partial charge on any atom is -0.445 e. The van der Waals surface area contributed by atoms with Gasteiger partial charge in [0.1, 0.15) is 0 Å². The van der Waals surface area contributed by atoms with Crippen LogP contribution in [0.1, 0.15) is 73.1 Å². The maximum atomic E-state index is 12.7. The highest BCUT2D eigenvalue weighted by Crippen LogP contribution is 2.12. The molecule has 0 radical (unpaired) electrons. The normalized spacial score (nSPS) is 11.0. The summed E-state index contributed by atoms with van der Waals surface area (Å²) >= 11 is 0. The van der Waals surface area contributed by atoms with Crippen LogP contribution in [0.5, 0.6) is 0 Å². The third-order valence-electron chi connectivity index (χ3n) is 3.50. The Kier molecular flexibility index (Phi) is 13.5. The van der Waals surface area contributed by atoms with Gasteiger partial charge in [0, 0.05) is 6.42 Å². The Morgan fingerprint density at radius 2 is 1.50 bits per heavy atom. The predicted molar refractivity (Wildman–Crippen MR) is 109 cm³/mol. The second-order valence-electron chi connectivity index (χ2n) is 6.95. The second-order valence-corrected chi connectivity index (χ2v) is 6.95. The van der Waals surface area contributed by atoms with Crippen LogP contribution in [0.2, 0.25) is 0 Å². The molecule has 0 aliphatic rings. The first-order valence-corrected chi connectivity index (χ1v) is 10.0. The highest BCUT2D eigenvalue weighted by atomic mass is 16.6. The quantitative estimate of drug-likeness (QED) is 0.272. The van der Waals surface area contributed by atoms with Crippen molar-refractivity contribution in [3.05, 3.63) is 24.8 Å². The molecule has 160 valence electrons. The Morgan fingerprint density at radius 3 is 2.04 bits per heavy atom. The first-order valence-electron chi connectivity index (χ1n) is 10.0. The third-order valence-corrected chi connectivity index (χ3v) is 3.50. The van der Waals surface area contributed by atoms with Crippen LogP contribution in [0.15, 0.2) is 24.8 Å². The Bertz CT molecular complexity index is 529. The zero-order valence-corrected chi connectivity index (χ0v) is 18.0. The van der Waals surface area contributed by atoms with Crippen molar-refractivity contribution in [2.45, 2.75) is 85.4 Å². The lowest BCUT2D eigenvalue weighted by atomic mass is 10.2. The molecule has 0 aromatic heterocycles. The van der Waals surface area contributed by atoms with E-state index in [0.717, 1.165) is 29.3 Å². The second kappa shape index (κ2) is 14.7. The average molecular weight is 397 g/mol. The van der Waals surface area contributed by atoms with Crippen LogP contribution in [0.25, 0.3) is 0 Å². The van der Waals surface area contributed by atoms with Gasteiger partial charge in [0.25, 0.3) is 5.91 Å². The number of allylic oxidation sites excluding steroid dienone is 2. The molecule has 3 amide bonds. The maximum absolute atomic E-state index is 12.7. The summed E-state index contributed by atoms with van der Waals surface area (Å²) in [5.41, 5.74) is 0. The number of carbonyl (C=O) groups is 3. The lowest BCUT2D eigenvalue weighted by Crippen LogP contribution is -2.54. The Balaban J connectivity index is 5.20. The summed E-state index contributed by atoms with van der Waals surface area (Å²) in [5, 5.41) is 1.64. The van der Waals surface area contributed by atoms with Gasteiger partial charge in [-0.2, -0.15) is 0 Å². The number of hydrazine groups is 1. The van der Waals surface area contributed by atoms with Gasteiger partial charge < -0.3 is 9.47 Å². The van der Waals surface area contributed by atoms with Gasteiger partial charge in [-0.25, -0.2) is 14.6 Å². The monoisotopic (exact) mass is 396 g/mol. The number of hydrogen-bond donors (Lipinski definition) is 0. The average Bonchev–Trinajstić information content (AvgIpc) is 2.59. The van der Waals surface area contributed by atoms with Crippen molar-refractivity contribution < 1.29 is 23.9 Å². The lowest BCUT2D eigenvalue weighted by Gasteiger charge is -2.31. The number of nitrogens with zero attached hydrogens (tertiary/aromatic N) is 2. The summed E-state index contributed by atoms with van der Waals surface area (Å²) in [7, 11) is 0. The van der Waals surface area contributed by atoms with Gasteiger partial charge in [-0.05, 0) is 47.0 Å². The highest BCUT2D eigenvalue weighted by Gasteiger charge is 2.33. The molecule has 0 atom stereocenters. The molecule has 28 heavy (non-hydrogen) atoms. The molecular weight excluding hydrogens is 360 g/mol. The first kappa shape index (κ1) is 25.7. The summed E-state index contributed by atoms with van der Waals surface area (Å²) < 4.78 is 10.3. The molecule has 0 aliphatic heterocycles. The summed E-state index contributed by atoms with van der Waals surface area (Å²) in [5.74, 6) is -0.536. The van der Waals surface area contributed by atoms with Gasteiger partial charge >= 0.3 is 12.2 Å². The van der Waals surface area contributed by atoms with Crippen LogP contribution in [0, 0.1) is 0 Å². The molecule has 0 unspecified atom stereocenters. The van der Waals surface area contributed by atoms with Crippen molar-refractivity contribution in [2.24, 2.45) is 0 Å². The van der Waals surface area contributed by atoms with Crippen LogP contribution in [-0.2, 0) is 14.3 Å². The number of ether oxygens (including phenoxy) is 2. The number of carbonyl (C=O) groups excluding carboxylic acids is 3. The van der Waals surface area contributed by atoms with E-state index in [0.29, 0.717) is 6.42 Å². The fraction of sp³-hybridized carbons (Fsp3) is 0.667. The van der Waals surface area contributed by atoms with Gasteiger partial charge in [0.05, 0.1) is 18.8 Å². The molecule has 7 nitrogen and oxygen atoms in total. The number of unbranched alkanes of at least 4 members (excludes halogenated alkanes) is 3. The van der Waals surface area contributed by atoms with Crippen molar-refractivity contribution in [1.29, 1.82) is 0 Å². The van der Waals surface area contributed by atoms with E-state index in [1.807, 2.05) is 12.2 Å². The Morgan fingerprint density at radius 1 is 0.929 bits per heavy atom. The number of imide groups is 1. The molecule has 0 heterocycles. The summed E-state index contributed by atoms with van der Waals surface area (Å²) in [6, 6.07) is 0. The fourth-order valence-corrected chi connectivity index (χ4v) is 2.27. The van der Waals surface area contributed by atoms with Gasteiger partial charge in [0.2, 0.25) is 0 Å². The molecule has 0 saturated carbocycles. The van der Waals surface area contributed by atoms with Crippen LogP contribution in [0.3, 0.4) is 0 Å². The molecule has 0 fully saturated rings. The van der Waals surface area contributed by atoms with Crippen molar-refractivity contribution in [1.82, 2.24) is 10.0 Å². The Hall–Kier alpha value is -2.31. The molecule has 0 bridgehead atoms. The smallest absolute Gasteiger partial charge is 0.436 e.